The summed E-state index contributed by atoms with van der Waals surface area (Å²) < 4.78 is 11.0. The Kier molecular flexibility index (Phi) is 12.1. The maximum atomic E-state index is 5.74. The Hall–Kier alpha value is -1.32. The lowest BCUT2D eigenvalue weighted by atomic mass is 10.2. The van der Waals surface area contributed by atoms with Gasteiger partial charge in [-0.15, -0.1) is 35.3 Å². The molecule has 150 valence electrons. The van der Waals surface area contributed by atoms with E-state index in [4.69, 9.17) is 9.47 Å². The van der Waals surface area contributed by atoms with Crippen LogP contribution in [0.15, 0.2) is 46.8 Å². The third kappa shape index (κ3) is 8.94. The molecule has 0 radical (unpaired) electrons. The fraction of sp³-hybridized carbons (Fsp3) is 0.450. The van der Waals surface area contributed by atoms with Gasteiger partial charge in [-0.1, -0.05) is 18.2 Å². The third-order valence-electron chi connectivity index (χ3n) is 3.87. The molecule has 0 amide bonds. The molecule has 0 bridgehead atoms. The number of likely N-dealkylation sites (N-methyl/N-ethyl adjacent to an activating group) is 1. The smallest absolute Gasteiger partial charge is 0.193 e. The van der Waals surface area contributed by atoms with Gasteiger partial charge in [0.25, 0.3) is 0 Å². The van der Waals surface area contributed by atoms with Crippen LogP contribution >= 0.6 is 35.3 Å². The van der Waals surface area contributed by atoms with Crippen LogP contribution in [-0.2, 0) is 17.8 Å². The average molecular weight is 503 g/mol. The molecule has 1 N–H and O–H groups in total. The van der Waals surface area contributed by atoms with Crippen molar-refractivity contribution in [3.8, 4) is 5.75 Å². The van der Waals surface area contributed by atoms with Crippen molar-refractivity contribution in [3.63, 3.8) is 0 Å². The Labute approximate surface area is 183 Å². The first-order valence-electron chi connectivity index (χ1n) is 8.95. The summed E-state index contributed by atoms with van der Waals surface area (Å²) in [5, 5.41) is 5.46. The molecule has 0 saturated carbocycles. The van der Waals surface area contributed by atoms with E-state index in [1.807, 2.05) is 24.3 Å². The number of hydrogen-bond acceptors (Lipinski definition) is 4. The van der Waals surface area contributed by atoms with Gasteiger partial charge in [-0.25, -0.2) is 0 Å². The molecule has 0 aliphatic carbocycles. The summed E-state index contributed by atoms with van der Waals surface area (Å²) in [4.78, 5) is 8.23. The van der Waals surface area contributed by atoms with E-state index in [2.05, 4.69) is 46.7 Å². The number of hydrogen-bond donors (Lipinski definition) is 1. The zero-order valence-electron chi connectivity index (χ0n) is 16.3. The molecule has 0 spiro atoms. The second-order valence-electron chi connectivity index (χ2n) is 5.89. The number of methoxy groups -OCH3 is 1. The van der Waals surface area contributed by atoms with Crippen LogP contribution in [0.1, 0.15) is 17.4 Å². The average Bonchev–Trinajstić information content (AvgIpc) is 3.18. The van der Waals surface area contributed by atoms with Gasteiger partial charge in [0.05, 0.1) is 26.9 Å². The SMILES string of the molecule is CCNC(=NCCOCc1cccc(OC)c1)N(C)CCc1cccs1.I. The minimum Gasteiger partial charge on any atom is -0.497 e. The molecule has 1 aromatic heterocycles. The molecule has 2 aromatic rings. The molecule has 7 heteroatoms. The van der Waals surface area contributed by atoms with Crippen molar-refractivity contribution in [1.29, 1.82) is 0 Å². The predicted octanol–water partition coefficient (Wildman–Crippen LogP) is 4.03. The number of halogens is 1. The largest absolute Gasteiger partial charge is 0.497 e. The van der Waals surface area contributed by atoms with Crippen LogP contribution in [0.25, 0.3) is 0 Å². The Bertz CT molecular complexity index is 665. The van der Waals surface area contributed by atoms with Crippen LogP contribution in [0.2, 0.25) is 0 Å². The first-order valence-corrected chi connectivity index (χ1v) is 9.83. The summed E-state index contributed by atoms with van der Waals surface area (Å²) in [5.41, 5.74) is 1.10. The van der Waals surface area contributed by atoms with Crippen LogP contribution in [0, 0.1) is 0 Å². The van der Waals surface area contributed by atoms with Crippen LogP contribution in [0.5, 0.6) is 5.75 Å². The van der Waals surface area contributed by atoms with E-state index in [0.29, 0.717) is 19.8 Å². The predicted molar refractivity (Wildman–Crippen MR) is 125 cm³/mol. The van der Waals surface area contributed by atoms with E-state index in [1.165, 1.54) is 4.88 Å². The highest BCUT2D eigenvalue weighted by atomic mass is 127. The molecule has 27 heavy (non-hydrogen) atoms. The molecular formula is C20H30IN3O2S. The van der Waals surface area contributed by atoms with Gasteiger partial charge >= 0.3 is 0 Å². The van der Waals surface area contributed by atoms with E-state index >= 15 is 0 Å². The van der Waals surface area contributed by atoms with Gasteiger partial charge in [-0.2, -0.15) is 0 Å². The second-order valence-corrected chi connectivity index (χ2v) is 6.92. The number of thiophene rings is 1. The molecule has 0 atom stereocenters. The number of aliphatic imine (C=N–C) groups is 1. The number of nitrogens with one attached hydrogen (secondary N) is 1. The lowest BCUT2D eigenvalue weighted by Gasteiger charge is -2.21. The molecule has 0 aliphatic heterocycles. The number of benzene rings is 1. The molecule has 5 nitrogen and oxygen atoms in total. The van der Waals surface area contributed by atoms with E-state index in [9.17, 15) is 0 Å². The zero-order valence-corrected chi connectivity index (χ0v) is 19.5. The number of rotatable bonds is 10. The molecule has 0 saturated heterocycles. The van der Waals surface area contributed by atoms with Gasteiger partial charge in [-0.05, 0) is 42.5 Å². The van der Waals surface area contributed by atoms with E-state index in [0.717, 1.165) is 36.8 Å². The van der Waals surface area contributed by atoms with Crippen molar-refractivity contribution in [3.05, 3.63) is 52.2 Å². The highest BCUT2D eigenvalue weighted by Gasteiger charge is 2.06. The first kappa shape index (κ1) is 23.7. The van der Waals surface area contributed by atoms with Crippen LogP contribution in [0.4, 0.5) is 0 Å². The lowest BCUT2D eigenvalue weighted by Crippen LogP contribution is -2.40. The number of guanidine groups is 1. The molecule has 0 unspecified atom stereocenters. The van der Waals surface area contributed by atoms with Crippen LogP contribution in [0.3, 0.4) is 0 Å². The Balaban J connectivity index is 0.00000364. The molecule has 0 fully saturated rings. The van der Waals surface area contributed by atoms with E-state index < -0.39 is 0 Å². The Morgan fingerprint density at radius 2 is 2.11 bits per heavy atom. The summed E-state index contributed by atoms with van der Waals surface area (Å²) in [6, 6.07) is 12.2. The monoisotopic (exact) mass is 503 g/mol. The highest BCUT2D eigenvalue weighted by Crippen LogP contribution is 2.13. The quantitative estimate of drug-likeness (QED) is 0.230. The fourth-order valence-electron chi connectivity index (χ4n) is 2.48. The normalized spacial score (nSPS) is 11.0. The van der Waals surface area contributed by atoms with Crippen molar-refractivity contribution < 1.29 is 9.47 Å². The summed E-state index contributed by atoms with van der Waals surface area (Å²) in [7, 11) is 3.75. The van der Waals surface area contributed by atoms with Gasteiger partial charge in [0.1, 0.15) is 5.75 Å². The van der Waals surface area contributed by atoms with Crippen LogP contribution in [-0.4, -0.2) is 51.3 Å². The fourth-order valence-corrected chi connectivity index (χ4v) is 3.17. The van der Waals surface area contributed by atoms with Gasteiger partial charge in [0, 0.05) is 25.0 Å². The van der Waals surface area contributed by atoms with Crippen molar-refractivity contribution in [2.45, 2.75) is 20.0 Å². The van der Waals surface area contributed by atoms with Gasteiger partial charge < -0.3 is 19.7 Å². The highest BCUT2D eigenvalue weighted by molar-refractivity contribution is 14.0. The van der Waals surface area contributed by atoms with Gasteiger partial charge in [-0.3, -0.25) is 4.99 Å². The van der Waals surface area contributed by atoms with Crippen molar-refractivity contribution in [2.24, 2.45) is 4.99 Å². The molecular weight excluding hydrogens is 473 g/mol. The summed E-state index contributed by atoms with van der Waals surface area (Å²) in [6.45, 7) is 5.67. The Morgan fingerprint density at radius 1 is 1.26 bits per heavy atom. The first-order chi connectivity index (χ1) is 12.7. The summed E-state index contributed by atoms with van der Waals surface area (Å²) >= 11 is 1.80. The molecule has 2 rings (SSSR count). The Morgan fingerprint density at radius 3 is 2.81 bits per heavy atom. The number of nitrogens with zero attached hydrogens (tertiary/aromatic N) is 2. The van der Waals surface area contributed by atoms with Crippen molar-refractivity contribution >= 4 is 41.3 Å². The maximum Gasteiger partial charge on any atom is 0.193 e. The van der Waals surface area contributed by atoms with Crippen LogP contribution < -0.4 is 10.1 Å². The summed E-state index contributed by atoms with van der Waals surface area (Å²) in [5.74, 6) is 1.78. The van der Waals surface area contributed by atoms with E-state index in [-0.39, 0.29) is 24.0 Å². The van der Waals surface area contributed by atoms with Crippen molar-refractivity contribution in [2.75, 3.05) is 40.4 Å². The van der Waals surface area contributed by atoms with Gasteiger partial charge in [0.15, 0.2) is 5.96 Å². The summed E-state index contributed by atoms with van der Waals surface area (Å²) in [6.07, 6.45) is 1.03. The molecule has 0 aliphatic rings. The van der Waals surface area contributed by atoms with E-state index in [1.54, 1.807) is 18.4 Å². The molecule has 1 aromatic carbocycles. The standard InChI is InChI=1S/C20H29N3O2S.HI/c1-4-21-20(23(2)12-10-19-9-6-14-26-19)22-11-13-25-16-17-7-5-8-18(15-17)24-3;/h5-9,14-15H,4,10-13,16H2,1-3H3,(H,21,22);1H. The van der Waals surface area contributed by atoms with Crippen molar-refractivity contribution in [1.82, 2.24) is 10.2 Å². The minimum atomic E-state index is 0. The second kappa shape index (κ2) is 13.8. The molecule has 1 heterocycles. The maximum absolute atomic E-state index is 5.74. The topological polar surface area (TPSA) is 46.1 Å². The lowest BCUT2D eigenvalue weighted by molar-refractivity contribution is 0.128. The number of ether oxygens (including phenoxy) is 2. The zero-order chi connectivity index (χ0) is 18.6. The van der Waals surface area contributed by atoms with Gasteiger partial charge in [0.2, 0.25) is 0 Å². The minimum absolute atomic E-state index is 0. The third-order valence-corrected chi connectivity index (χ3v) is 4.81.